The van der Waals surface area contributed by atoms with Crippen LogP contribution in [0.1, 0.15) is 25.8 Å². The van der Waals surface area contributed by atoms with Crippen molar-refractivity contribution in [2.45, 2.75) is 33.2 Å². The number of aromatic amines is 1. The van der Waals surface area contributed by atoms with Crippen LogP contribution in [0, 0.1) is 6.92 Å². The van der Waals surface area contributed by atoms with E-state index in [2.05, 4.69) is 53.3 Å². The van der Waals surface area contributed by atoms with Crippen molar-refractivity contribution in [2.75, 3.05) is 36.5 Å². The van der Waals surface area contributed by atoms with Gasteiger partial charge in [-0.05, 0) is 31.9 Å². The second-order valence-electron chi connectivity index (χ2n) is 5.77. The number of ether oxygens (including phenoxy) is 1. The molecule has 5 nitrogen and oxygen atoms in total. The van der Waals surface area contributed by atoms with Crippen LogP contribution < -0.4 is 10.2 Å². The fraction of sp³-hybridized carbons (Fsp3) is 0.562. The van der Waals surface area contributed by atoms with E-state index in [9.17, 15) is 0 Å². The Hall–Kier alpha value is -1.75. The van der Waals surface area contributed by atoms with Gasteiger partial charge in [0.05, 0.1) is 35.8 Å². The fourth-order valence-electron chi connectivity index (χ4n) is 2.93. The molecule has 2 heterocycles. The Balaban J connectivity index is 2.08. The van der Waals surface area contributed by atoms with Crippen molar-refractivity contribution in [1.29, 1.82) is 0 Å². The van der Waals surface area contributed by atoms with Crippen LogP contribution in [0.15, 0.2) is 12.1 Å². The van der Waals surface area contributed by atoms with E-state index in [1.165, 1.54) is 16.6 Å². The molecule has 0 spiro atoms. The molecule has 1 atom stereocenters. The van der Waals surface area contributed by atoms with E-state index in [1.54, 1.807) is 0 Å². The van der Waals surface area contributed by atoms with Gasteiger partial charge in [0.2, 0.25) is 0 Å². The number of H-pyrrole nitrogens is 1. The highest BCUT2D eigenvalue weighted by atomic mass is 16.5. The summed E-state index contributed by atoms with van der Waals surface area (Å²) in [6, 6.07) is 4.61. The number of benzene rings is 1. The summed E-state index contributed by atoms with van der Waals surface area (Å²) >= 11 is 0. The van der Waals surface area contributed by atoms with E-state index in [0.717, 1.165) is 44.1 Å². The van der Waals surface area contributed by atoms with Crippen LogP contribution in [0.25, 0.3) is 10.9 Å². The van der Waals surface area contributed by atoms with Gasteiger partial charge in [-0.3, -0.25) is 5.10 Å². The lowest BCUT2D eigenvalue weighted by Crippen LogP contribution is -2.44. The molecule has 1 aromatic heterocycles. The summed E-state index contributed by atoms with van der Waals surface area (Å²) in [4.78, 5) is 2.35. The molecule has 5 heteroatoms. The van der Waals surface area contributed by atoms with Crippen LogP contribution in [-0.4, -0.2) is 42.5 Å². The maximum absolute atomic E-state index is 5.55. The Kier molecular flexibility index (Phi) is 4.01. The van der Waals surface area contributed by atoms with Crippen molar-refractivity contribution in [3.05, 3.63) is 17.7 Å². The van der Waals surface area contributed by atoms with Gasteiger partial charge in [0.15, 0.2) is 5.82 Å². The number of nitrogens with zero attached hydrogens (tertiary/aromatic N) is 2. The van der Waals surface area contributed by atoms with Crippen LogP contribution in [0.2, 0.25) is 0 Å². The fourth-order valence-corrected chi connectivity index (χ4v) is 2.93. The smallest absolute Gasteiger partial charge is 0.160 e. The Labute approximate surface area is 125 Å². The largest absolute Gasteiger partial charge is 0.384 e. The highest BCUT2D eigenvalue weighted by Gasteiger charge is 2.24. The van der Waals surface area contributed by atoms with Crippen molar-refractivity contribution < 1.29 is 4.74 Å². The summed E-state index contributed by atoms with van der Waals surface area (Å²) in [7, 11) is 0. The molecule has 1 saturated heterocycles. The van der Waals surface area contributed by atoms with Crippen LogP contribution in [0.3, 0.4) is 0 Å². The number of nitrogens with one attached hydrogen (secondary N) is 2. The predicted octanol–water partition coefficient (Wildman–Crippen LogP) is 2.92. The van der Waals surface area contributed by atoms with Crippen molar-refractivity contribution in [2.24, 2.45) is 0 Å². The van der Waals surface area contributed by atoms with Crippen LogP contribution in [-0.2, 0) is 4.74 Å². The van der Waals surface area contributed by atoms with Crippen molar-refractivity contribution >= 4 is 22.4 Å². The molecule has 0 aliphatic carbocycles. The van der Waals surface area contributed by atoms with E-state index in [4.69, 9.17) is 4.74 Å². The van der Waals surface area contributed by atoms with Crippen molar-refractivity contribution in [1.82, 2.24) is 10.2 Å². The summed E-state index contributed by atoms with van der Waals surface area (Å²) in [5.41, 5.74) is 3.56. The molecule has 1 aliphatic heterocycles. The normalized spacial score (nSPS) is 19.2. The third kappa shape index (κ3) is 2.58. The molecule has 1 unspecified atom stereocenters. The number of aromatic nitrogens is 2. The molecule has 0 saturated carbocycles. The minimum atomic E-state index is 0.352. The molecule has 1 aliphatic rings. The summed E-state index contributed by atoms with van der Waals surface area (Å²) in [6.45, 7) is 9.92. The van der Waals surface area contributed by atoms with Crippen LogP contribution in [0.4, 0.5) is 11.5 Å². The Morgan fingerprint density at radius 2 is 2.33 bits per heavy atom. The maximum Gasteiger partial charge on any atom is 0.160 e. The second-order valence-corrected chi connectivity index (χ2v) is 5.77. The minimum absolute atomic E-state index is 0.352. The number of rotatable bonds is 4. The molecule has 2 aromatic rings. The first-order valence-corrected chi connectivity index (χ1v) is 7.78. The molecule has 0 amide bonds. The Morgan fingerprint density at radius 1 is 1.48 bits per heavy atom. The zero-order valence-corrected chi connectivity index (χ0v) is 13.1. The topological polar surface area (TPSA) is 53.2 Å². The summed E-state index contributed by atoms with van der Waals surface area (Å²) < 4.78 is 5.55. The number of morpholine rings is 1. The second kappa shape index (κ2) is 5.93. The van der Waals surface area contributed by atoms with E-state index in [0.29, 0.717) is 6.04 Å². The van der Waals surface area contributed by atoms with Gasteiger partial charge in [-0.1, -0.05) is 13.0 Å². The number of anilines is 2. The molecule has 3 rings (SSSR count). The third-order valence-corrected chi connectivity index (χ3v) is 4.11. The highest BCUT2D eigenvalue weighted by Crippen LogP contribution is 2.34. The average Bonchev–Trinajstić information content (AvgIpc) is 2.91. The summed E-state index contributed by atoms with van der Waals surface area (Å²) in [5.74, 6) is 1.04. The number of hydrogen-bond acceptors (Lipinski definition) is 4. The van der Waals surface area contributed by atoms with Gasteiger partial charge in [0, 0.05) is 13.1 Å². The first-order chi connectivity index (χ1) is 10.2. The van der Waals surface area contributed by atoms with E-state index >= 15 is 0 Å². The predicted molar refractivity (Wildman–Crippen MR) is 87.2 cm³/mol. The van der Waals surface area contributed by atoms with E-state index in [1.807, 2.05) is 0 Å². The van der Waals surface area contributed by atoms with Gasteiger partial charge >= 0.3 is 0 Å². The lowest BCUT2D eigenvalue weighted by molar-refractivity contribution is 0.0986. The van der Waals surface area contributed by atoms with Gasteiger partial charge in [-0.25, -0.2) is 0 Å². The summed E-state index contributed by atoms with van der Waals surface area (Å²) in [5, 5.41) is 12.5. The molecule has 2 N–H and O–H groups in total. The molecular formula is C16H24N4O. The molecule has 1 aromatic carbocycles. The van der Waals surface area contributed by atoms with Gasteiger partial charge < -0.3 is 15.0 Å². The van der Waals surface area contributed by atoms with Gasteiger partial charge in [0.1, 0.15) is 0 Å². The first-order valence-electron chi connectivity index (χ1n) is 7.78. The molecule has 0 radical (unpaired) electrons. The monoisotopic (exact) mass is 288 g/mol. The zero-order chi connectivity index (χ0) is 14.8. The average molecular weight is 288 g/mol. The van der Waals surface area contributed by atoms with Crippen molar-refractivity contribution in [3.8, 4) is 0 Å². The SMILES string of the molecule is CCCNc1c(C)ccc2[nH]nc(N3CCOCC3C)c12. The lowest BCUT2D eigenvalue weighted by Gasteiger charge is -2.33. The number of aryl methyl sites for hydroxylation is 1. The molecule has 114 valence electrons. The lowest BCUT2D eigenvalue weighted by atomic mass is 10.1. The van der Waals surface area contributed by atoms with Gasteiger partial charge in [-0.15, -0.1) is 0 Å². The van der Waals surface area contributed by atoms with Crippen LogP contribution in [0.5, 0.6) is 0 Å². The first kappa shape index (κ1) is 14.2. The van der Waals surface area contributed by atoms with E-state index < -0.39 is 0 Å². The number of fused-ring (bicyclic) bond motifs is 1. The maximum atomic E-state index is 5.55. The van der Waals surface area contributed by atoms with Crippen molar-refractivity contribution in [3.63, 3.8) is 0 Å². The molecule has 1 fully saturated rings. The van der Waals surface area contributed by atoms with Gasteiger partial charge in [0.25, 0.3) is 0 Å². The van der Waals surface area contributed by atoms with E-state index in [-0.39, 0.29) is 0 Å². The molecular weight excluding hydrogens is 264 g/mol. The highest BCUT2D eigenvalue weighted by molar-refractivity contribution is 6.01. The van der Waals surface area contributed by atoms with Gasteiger partial charge in [-0.2, -0.15) is 5.10 Å². The summed E-state index contributed by atoms with van der Waals surface area (Å²) in [6.07, 6.45) is 1.11. The minimum Gasteiger partial charge on any atom is -0.384 e. The molecule has 0 bridgehead atoms. The Bertz CT molecular complexity index is 622. The van der Waals surface area contributed by atoms with Crippen LogP contribution >= 0.6 is 0 Å². The Morgan fingerprint density at radius 3 is 3.10 bits per heavy atom. The standard InChI is InChI=1S/C16H24N4O/c1-4-7-17-15-11(2)5-6-13-14(15)16(19-18-13)20-8-9-21-10-12(20)3/h5-6,12,17H,4,7-10H2,1-3H3,(H,18,19). The molecule has 21 heavy (non-hydrogen) atoms. The quantitative estimate of drug-likeness (QED) is 0.908. The zero-order valence-electron chi connectivity index (χ0n) is 13.1. The number of hydrogen-bond donors (Lipinski definition) is 2. The third-order valence-electron chi connectivity index (χ3n) is 4.11.